The van der Waals surface area contributed by atoms with E-state index in [1.54, 1.807) is 30.3 Å². The molecule has 0 saturated heterocycles. The van der Waals surface area contributed by atoms with Gasteiger partial charge in [-0.3, -0.25) is 9.59 Å². The highest BCUT2D eigenvalue weighted by atomic mass is 19.1. The zero-order valence-electron chi connectivity index (χ0n) is 17.9. The van der Waals surface area contributed by atoms with Crippen molar-refractivity contribution < 1.29 is 28.9 Å². The maximum atomic E-state index is 14.3. The first kappa shape index (κ1) is 22.4. The van der Waals surface area contributed by atoms with E-state index in [0.717, 1.165) is 22.3 Å². The predicted octanol–water partition coefficient (Wildman–Crippen LogP) is 2.25. The van der Waals surface area contributed by atoms with Gasteiger partial charge in [0.25, 0.3) is 5.91 Å². The minimum Gasteiger partial charge on any atom is -0.494 e. The van der Waals surface area contributed by atoms with E-state index in [1.165, 1.54) is 19.2 Å². The fourth-order valence-electron chi connectivity index (χ4n) is 4.07. The van der Waals surface area contributed by atoms with E-state index in [4.69, 9.17) is 10.5 Å². The number of hydrogen-bond donors (Lipinski definition) is 4. The lowest BCUT2D eigenvalue weighted by Crippen LogP contribution is -2.40. The maximum absolute atomic E-state index is 14.3. The second-order valence-electron chi connectivity index (χ2n) is 7.85. The zero-order valence-corrected chi connectivity index (χ0v) is 17.9. The molecule has 0 spiro atoms. The van der Waals surface area contributed by atoms with Crippen molar-refractivity contribution in [3.63, 3.8) is 0 Å². The number of amides is 2. The Labute approximate surface area is 189 Å². The summed E-state index contributed by atoms with van der Waals surface area (Å²) in [6.45, 7) is -0.778. The van der Waals surface area contributed by atoms with Crippen molar-refractivity contribution in [1.29, 1.82) is 0 Å². The summed E-state index contributed by atoms with van der Waals surface area (Å²) in [6, 6.07) is 12.4. The summed E-state index contributed by atoms with van der Waals surface area (Å²) in [6.07, 6.45) is 0.470. The van der Waals surface area contributed by atoms with Crippen LogP contribution in [0.25, 0.3) is 22.3 Å². The van der Waals surface area contributed by atoms with Crippen LogP contribution in [-0.2, 0) is 6.42 Å². The molecule has 0 radical (unpaired) electrons. The van der Waals surface area contributed by atoms with Gasteiger partial charge in [-0.1, -0.05) is 12.1 Å². The van der Waals surface area contributed by atoms with Crippen LogP contribution in [0, 0.1) is 5.82 Å². The Morgan fingerprint density at radius 2 is 1.82 bits per heavy atom. The highest BCUT2D eigenvalue weighted by Crippen LogP contribution is 2.42. The molecule has 4 rings (SSSR count). The highest BCUT2D eigenvalue weighted by Gasteiger charge is 2.26. The Morgan fingerprint density at radius 1 is 1.06 bits per heavy atom. The predicted molar refractivity (Wildman–Crippen MR) is 121 cm³/mol. The quantitative estimate of drug-likeness (QED) is 0.344. The lowest BCUT2D eigenvalue weighted by Gasteiger charge is -2.14. The summed E-state index contributed by atoms with van der Waals surface area (Å²) in [7, 11) is 1.38. The van der Waals surface area contributed by atoms with Gasteiger partial charge in [-0.2, -0.15) is 0 Å². The van der Waals surface area contributed by atoms with Crippen LogP contribution in [0.5, 0.6) is 5.75 Å². The van der Waals surface area contributed by atoms with E-state index in [1.807, 2.05) is 6.07 Å². The summed E-state index contributed by atoms with van der Waals surface area (Å²) in [5.41, 5.74) is 10.7. The van der Waals surface area contributed by atoms with Crippen LogP contribution in [-0.4, -0.2) is 48.4 Å². The number of fused-ring (bicyclic) bond motifs is 3. The summed E-state index contributed by atoms with van der Waals surface area (Å²) in [5, 5.41) is 21.0. The Balaban J connectivity index is 1.80. The van der Waals surface area contributed by atoms with Crippen LogP contribution >= 0.6 is 0 Å². The molecular formula is C25H23FN2O5. The van der Waals surface area contributed by atoms with Crippen molar-refractivity contribution in [3.8, 4) is 28.0 Å². The molecule has 3 aromatic rings. The molecule has 0 saturated carbocycles. The topological polar surface area (TPSA) is 122 Å². The van der Waals surface area contributed by atoms with Gasteiger partial charge in [0.1, 0.15) is 0 Å². The molecule has 7 nitrogen and oxygen atoms in total. The van der Waals surface area contributed by atoms with E-state index < -0.39 is 23.7 Å². The van der Waals surface area contributed by atoms with Gasteiger partial charge in [-0.25, -0.2) is 4.39 Å². The monoisotopic (exact) mass is 450 g/mol. The number of carbonyl (C=O) groups excluding carboxylic acids is 2. The van der Waals surface area contributed by atoms with Gasteiger partial charge < -0.3 is 26.0 Å². The summed E-state index contributed by atoms with van der Waals surface area (Å²) in [5.74, 6) is -1.46. The van der Waals surface area contributed by atoms with E-state index >= 15 is 0 Å². The number of halogens is 1. The fraction of sp³-hybridized carbons (Fsp3) is 0.200. The van der Waals surface area contributed by atoms with Gasteiger partial charge in [0.05, 0.1) is 26.4 Å². The molecule has 33 heavy (non-hydrogen) atoms. The molecule has 0 atom stereocenters. The lowest BCUT2D eigenvalue weighted by atomic mass is 9.93. The number of benzene rings is 3. The molecular weight excluding hydrogens is 427 g/mol. The third-order valence-electron chi connectivity index (χ3n) is 5.81. The molecule has 170 valence electrons. The second kappa shape index (κ2) is 9.01. The van der Waals surface area contributed by atoms with Crippen LogP contribution in [0.15, 0.2) is 48.5 Å². The van der Waals surface area contributed by atoms with Crippen LogP contribution in [0.4, 0.5) is 4.39 Å². The Hall–Kier alpha value is -3.75. The number of aliphatic hydroxyl groups excluding tert-OH is 2. The SMILES string of the molecule is COc1ccc(-c2cc(C(N)=O)c3c(c2)-c2cc(C(=O)NC(CO)CO)ccc2C3)cc1F. The van der Waals surface area contributed by atoms with Crippen LogP contribution in [0.2, 0.25) is 0 Å². The highest BCUT2D eigenvalue weighted by molar-refractivity contribution is 6.01. The maximum Gasteiger partial charge on any atom is 0.251 e. The number of aliphatic hydroxyl groups is 2. The van der Waals surface area contributed by atoms with Crippen molar-refractivity contribution in [2.75, 3.05) is 20.3 Å². The van der Waals surface area contributed by atoms with Crippen LogP contribution in [0.1, 0.15) is 31.8 Å². The first-order chi connectivity index (χ1) is 15.9. The van der Waals surface area contributed by atoms with Crippen molar-refractivity contribution in [2.24, 2.45) is 5.73 Å². The molecule has 0 fully saturated rings. The average Bonchev–Trinajstić information content (AvgIpc) is 3.19. The first-order valence-corrected chi connectivity index (χ1v) is 10.3. The second-order valence-corrected chi connectivity index (χ2v) is 7.85. The van der Waals surface area contributed by atoms with Crippen molar-refractivity contribution >= 4 is 11.8 Å². The molecule has 8 heteroatoms. The summed E-state index contributed by atoms with van der Waals surface area (Å²) >= 11 is 0. The summed E-state index contributed by atoms with van der Waals surface area (Å²) in [4.78, 5) is 24.8. The molecule has 5 N–H and O–H groups in total. The number of carbonyl (C=O) groups is 2. The molecule has 2 amide bonds. The molecule has 1 aliphatic carbocycles. The number of rotatable bonds is 7. The fourth-order valence-corrected chi connectivity index (χ4v) is 4.07. The number of methoxy groups -OCH3 is 1. The number of hydrogen-bond acceptors (Lipinski definition) is 5. The molecule has 0 bridgehead atoms. The smallest absolute Gasteiger partial charge is 0.251 e. The largest absolute Gasteiger partial charge is 0.494 e. The van der Waals surface area contributed by atoms with Gasteiger partial charge in [0, 0.05) is 11.1 Å². The van der Waals surface area contributed by atoms with E-state index in [9.17, 15) is 24.2 Å². The molecule has 0 aromatic heterocycles. The number of nitrogens with one attached hydrogen (secondary N) is 1. The lowest BCUT2D eigenvalue weighted by molar-refractivity contribution is 0.0879. The van der Waals surface area contributed by atoms with E-state index in [-0.39, 0.29) is 19.0 Å². The third-order valence-corrected chi connectivity index (χ3v) is 5.81. The van der Waals surface area contributed by atoms with Crippen molar-refractivity contribution in [2.45, 2.75) is 12.5 Å². The van der Waals surface area contributed by atoms with Gasteiger partial charge in [-0.15, -0.1) is 0 Å². The third kappa shape index (κ3) is 4.18. The Bertz CT molecular complexity index is 1250. The van der Waals surface area contributed by atoms with E-state index in [0.29, 0.717) is 28.7 Å². The van der Waals surface area contributed by atoms with Crippen LogP contribution in [0.3, 0.4) is 0 Å². The summed E-state index contributed by atoms with van der Waals surface area (Å²) < 4.78 is 19.3. The molecule has 1 aliphatic rings. The van der Waals surface area contributed by atoms with Gasteiger partial charge >= 0.3 is 0 Å². The minimum absolute atomic E-state index is 0.111. The molecule has 3 aromatic carbocycles. The molecule has 0 unspecified atom stereocenters. The first-order valence-electron chi connectivity index (χ1n) is 10.3. The van der Waals surface area contributed by atoms with Gasteiger partial charge in [0.2, 0.25) is 5.91 Å². The van der Waals surface area contributed by atoms with E-state index in [2.05, 4.69) is 5.32 Å². The standard InChI is InChI=1S/C25H23FN2O5/c1-33-23-5-4-13(10-22(23)26)16-8-19-18-7-15(25(32)28-17(11-29)12-30)3-2-14(18)6-20(19)21(9-16)24(27)31/h2-5,7-10,17,29-30H,6,11-12H2,1H3,(H2,27,31)(H,28,32). The van der Waals surface area contributed by atoms with Gasteiger partial charge in [-0.05, 0) is 76.2 Å². The Kier molecular flexibility index (Phi) is 6.13. The zero-order chi connectivity index (χ0) is 23.7. The minimum atomic E-state index is -0.768. The molecule has 0 heterocycles. The Morgan fingerprint density at radius 3 is 2.45 bits per heavy atom. The number of primary amides is 1. The van der Waals surface area contributed by atoms with Gasteiger partial charge in [0.15, 0.2) is 11.6 Å². The normalized spacial score (nSPS) is 11.8. The number of nitrogens with two attached hydrogens (primary N) is 1. The average molecular weight is 450 g/mol. The number of ether oxygens (including phenoxy) is 1. The van der Waals surface area contributed by atoms with Crippen molar-refractivity contribution in [1.82, 2.24) is 5.32 Å². The molecule has 0 aliphatic heterocycles. The van der Waals surface area contributed by atoms with Crippen LogP contribution < -0.4 is 15.8 Å². The van der Waals surface area contributed by atoms with Crippen molar-refractivity contribution in [3.05, 3.63) is 76.6 Å².